The lowest BCUT2D eigenvalue weighted by Crippen LogP contribution is -2.31. The molecule has 1 heterocycles. The van der Waals surface area contributed by atoms with E-state index in [4.69, 9.17) is 5.11 Å². The molecule has 0 saturated carbocycles. The minimum absolute atomic E-state index is 0.119. The third-order valence-corrected chi connectivity index (χ3v) is 1.85. The van der Waals surface area contributed by atoms with Crippen LogP contribution in [-0.4, -0.2) is 29.2 Å². The summed E-state index contributed by atoms with van der Waals surface area (Å²) in [5.74, 6) is -3.46. The van der Waals surface area contributed by atoms with E-state index in [1.807, 2.05) is 0 Å². The molecule has 0 aliphatic heterocycles. The van der Waals surface area contributed by atoms with E-state index in [1.54, 1.807) is 0 Å². The lowest BCUT2D eigenvalue weighted by atomic mass is 10.2. The number of nitrogens with one attached hydrogen (secondary N) is 1. The van der Waals surface area contributed by atoms with Gasteiger partial charge in [-0.2, -0.15) is 13.2 Å². The Morgan fingerprint density at radius 2 is 1.82 bits per heavy atom. The summed E-state index contributed by atoms with van der Waals surface area (Å²) < 4.78 is 61.6. The summed E-state index contributed by atoms with van der Waals surface area (Å²) in [5, 5.41) is 10.4. The number of rotatable bonds is 4. The van der Waals surface area contributed by atoms with Crippen molar-refractivity contribution in [3.63, 3.8) is 0 Å². The van der Waals surface area contributed by atoms with Crippen LogP contribution in [0.15, 0.2) is 18.3 Å². The van der Waals surface area contributed by atoms with Gasteiger partial charge in [0.15, 0.2) is 0 Å². The molecule has 0 atom stereocenters. The summed E-state index contributed by atoms with van der Waals surface area (Å²) in [6, 6.07) is 1.67. The van der Waals surface area contributed by atoms with Gasteiger partial charge in [0.25, 0.3) is 5.92 Å². The Hall–Kier alpha value is -1.44. The molecule has 0 spiro atoms. The maximum absolute atomic E-state index is 12.6. The van der Waals surface area contributed by atoms with Crippen LogP contribution in [0.1, 0.15) is 5.56 Å². The van der Waals surface area contributed by atoms with Crippen LogP contribution in [0, 0.1) is 0 Å². The number of aliphatic hydroxyl groups is 1. The van der Waals surface area contributed by atoms with Crippen LogP contribution in [0.3, 0.4) is 0 Å². The monoisotopic (exact) mass is 256 g/mol. The molecule has 1 aromatic rings. The van der Waals surface area contributed by atoms with E-state index >= 15 is 0 Å². The molecule has 0 radical (unpaired) electrons. The minimum atomic E-state index is -4.51. The van der Waals surface area contributed by atoms with Crippen LogP contribution in [0.4, 0.5) is 27.8 Å². The first-order valence-corrected chi connectivity index (χ1v) is 4.50. The van der Waals surface area contributed by atoms with Gasteiger partial charge < -0.3 is 10.4 Å². The average molecular weight is 256 g/mol. The molecule has 0 fully saturated rings. The van der Waals surface area contributed by atoms with E-state index in [0.29, 0.717) is 6.20 Å². The highest BCUT2D eigenvalue weighted by atomic mass is 19.4. The Morgan fingerprint density at radius 3 is 2.24 bits per heavy atom. The van der Waals surface area contributed by atoms with Crippen molar-refractivity contribution >= 4 is 5.82 Å². The maximum atomic E-state index is 12.6. The fraction of sp³-hybridized carbons (Fsp3) is 0.444. The first-order valence-electron chi connectivity index (χ1n) is 4.50. The lowest BCUT2D eigenvalue weighted by molar-refractivity contribution is -0.137. The lowest BCUT2D eigenvalue weighted by Gasteiger charge is -2.14. The fourth-order valence-electron chi connectivity index (χ4n) is 0.942. The maximum Gasteiger partial charge on any atom is 0.417 e. The van der Waals surface area contributed by atoms with E-state index < -0.39 is 30.8 Å². The molecule has 0 unspecified atom stereocenters. The molecule has 0 amide bonds. The molecular formula is C9H9F5N2O. The van der Waals surface area contributed by atoms with Crippen molar-refractivity contribution in [1.29, 1.82) is 0 Å². The first kappa shape index (κ1) is 13.6. The topological polar surface area (TPSA) is 45.1 Å². The standard InChI is InChI=1S/C9H9F5N2O/c10-8(11,5-17)4-16-7-2-1-6(3-15-7)9(12,13)14/h1-3,17H,4-5H2,(H,15,16). The van der Waals surface area contributed by atoms with Crippen LogP contribution in [0.25, 0.3) is 0 Å². The highest BCUT2D eigenvalue weighted by molar-refractivity contribution is 5.36. The highest BCUT2D eigenvalue weighted by Gasteiger charge is 2.31. The SMILES string of the molecule is OCC(F)(F)CNc1ccc(C(F)(F)F)cn1. The molecule has 2 N–H and O–H groups in total. The summed E-state index contributed by atoms with van der Waals surface area (Å²) in [7, 11) is 0. The number of nitrogens with zero attached hydrogens (tertiary/aromatic N) is 1. The number of halogens is 5. The molecule has 0 aliphatic carbocycles. The molecule has 1 rings (SSSR count). The van der Waals surface area contributed by atoms with Gasteiger partial charge in [-0.05, 0) is 12.1 Å². The van der Waals surface area contributed by atoms with Crippen molar-refractivity contribution in [1.82, 2.24) is 4.98 Å². The van der Waals surface area contributed by atoms with E-state index in [-0.39, 0.29) is 5.82 Å². The zero-order valence-corrected chi connectivity index (χ0v) is 8.43. The summed E-state index contributed by atoms with van der Waals surface area (Å²) >= 11 is 0. The number of aromatic nitrogens is 1. The van der Waals surface area contributed by atoms with Gasteiger partial charge in [-0.3, -0.25) is 0 Å². The predicted molar refractivity (Wildman–Crippen MR) is 49.8 cm³/mol. The van der Waals surface area contributed by atoms with Gasteiger partial charge in [-0.25, -0.2) is 13.8 Å². The van der Waals surface area contributed by atoms with Crippen molar-refractivity contribution in [3.05, 3.63) is 23.9 Å². The number of alkyl halides is 5. The average Bonchev–Trinajstić information content (AvgIpc) is 2.26. The first-order chi connectivity index (χ1) is 7.74. The van der Waals surface area contributed by atoms with Gasteiger partial charge in [0.1, 0.15) is 12.4 Å². The molecule has 8 heteroatoms. The van der Waals surface area contributed by atoms with E-state index in [0.717, 1.165) is 12.1 Å². The largest absolute Gasteiger partial charge is 0.417 e. The molecule has 96 valence electrons. The zero-order valence-electron chi connectivity index (χ0n) is 8.43. The van der Waals surface area contributed by atoms with Crippen LogP contribution in [0.2, 0.25) is 0 Å². The predicted octanol–water partition coefficient (Wildman–Crippen LogP) is 2.14. The Balaban J connectivity index is 2.64. The molecule has 0 aromatic carbocycles. The van der Waals surface area contributed by atoms with Gasteiger partial charge in [-0.15, -0.1) is 0 Å². The quantitative estimate of drug-likeness (QED) is 0.811. The Morgan fingerprint density at radius 1 is 1.18 bits per heavy atom. The molecule has 0 saturated heterocycles. The highest BCUT2D eigenvalue weighted by Crippen LogP contribution is 2.28. The van der Waals surface area contributed by atoms with Crippen LogP contribution < -0.4 is 5.32 Å². The third-order valence-electron chi connectivity index (χ3n) is 1.85. The van der Waals surface area contributed by atoms with E-state index in [2.05, 4.69) is 10.3 Å². The van der Waals surface area contributed by atoms with Gasteiger partial charge in [0, 0.05) is 6.20 Å². The Labute approximate surface area is 93.3 Å². The number of pyridine rings is 1. The molecule has 17 heavy (non-hydrogen) atoms. The van der Waals surface area contributed by atoms with Crippen LogP contribution >= 0.6 is 0 Å². The van der Waals surface area contributed by atoms with Crippen molar-refractivity contribution in [2.24, 2.45) is 0 Å². The molecule has 0 aliphatic rings. The van der Waals surface area contributed by atoms with E-state index in [1.165, 1.54) is 0 Å². The smallest absolute Gasteiger partial charge is 0.390 e. The number of anilines is 1. The summed E-state index contributed by atoms with van der Waals surface area (Å²) in [4.78, 5) is 3.34. The van der Waals surface area contributed by atoms with Gasteiger partial charge in [-0.1, -0.05) is 0 Å². The van der Waals surface area contributed by atoms with Crippen molar-refractivity contribution < 1.29 is 27.1 Å². The minimum Gasteiger partial charge on any atom is -0.390 e. The second-order valence-corrected chi connectivity index (χ2v) is 3.30. The van der Waals surface area contributed by atoms with Crippen molar-refractivity contribution in [2.75, 3.05) is 18.5 Å². The van der Waals surface area contributed by atoms with Gasteiger partial charge in [0.05, 0.1) is 12.1 Å². The van der Waals surface area contributed by atoms with E-state index in [9.17, 15) is 22.0 Å². The second kappa shape index (κ2) is 4.82. The Bertz CT molecular complexity index is 363. The number of hydrogen-bond acceptors (Lipinski definition) is 3. The third kappa shape index (κ3) is 4.14. The molecule has 0 bridgehead atoms. The number of hydrogen-bond donors (Lipinski definition) is 2. The summed E-state index contributed by atoms with van der Waals surface area (Å²) in [5.41, 5.74) is -0.961. The van der Waals surface area contributed by atoms with Gasteiger partial charge >= 0.3 is 6.18 Å². The van der Waals surface area contributed by atoms with Crippen molar-refractivity contribution in [3.8, 4) is 0 Å². The zero-order chi connectivity index (χ0) is 13.1. The van der Waals surface area contributed by atoms with Crippen LogP contribution in [-0.2, 0) is 6.18 Å². The fourth-order valence-corrected chi connectivity index (χ4v) is 0.942. The Kier molecular flexibility index (Phi) is 3.87. The van der Waals surface area contributed by atoms with Crippen LogP contribution in [0.5, 0.6) is 0 Å². The second-order valence-electron chi connectivity index (χ2n) is 3.30. The summed E-state index contributed by atoms with van der Waals surface area (Å²) in [6.45, 7) is -2.25. The summed E-state index contributed by atoms with van der Waals surface area (Å²) in [6.07, 6.45) is -3.97. The van der Waals surface area contributed by atoms with Gasteiger partial charge in [0.2, 0.25) is 0 Å². The van der Waals surface area contributed by atoms with Crippen molar-refractivity contribution in [2.45, 2.75) is 12.1 Å². The molecule has 1 aromatic heterocycles. The number of aliphatic hydroxyl groups excluding tert-OH is 1. The normalized spacial score (nSPS) is 12.6. The molecular weight excluding hydrogens is 247 g/mol. The molecule has 3 nitrogen and oxygen atoms in total.